The molecular weight excluding hydrogens is 427 g/mol. The van der Waals surface area contributed by atoms with E-state index in [1.807, 2.05) is 18.2 Å². The van der Waals surface area contributed by atoms with Crippen molar-refractivity contribution >= 4 is 41.5 Å². The number of carbonyl (C=O) groups excluding carboxylic acids is 1. The van der Waals surface area contributed by atoms with E-state index in [4.69, 9.17) is 0 Å². The summed E-state index contributed by atoms with van der Waals surface area (Å²) in [5, 5.41) is 9.78. The van der Waals surface area contributed by atoms with E-state index in [0.717, 1.165) is 30.1 Å². The number of rotatable bonds is 5. The number of carbonyl (C=O) groups is 1. The van der Waals surface area contributed by atoms with Crippen molar-refractivity contribution in [3.8, 4) is 0 Å². The van der Waals surface area contributed by atoms with E-state index < -0.39 is 0 Å². The Bertz CT molecular complexity index is 595. The standard InChI is InChI=1S/C19H28N4O.HI/c1-20-19(23-16-10-11-16)21-13-14-6-5-9-17(12-14)22-18(24)15-7-3-2-4-8-15;/h5-6,9,12,15-16H,2-4,7-8,10-11,13H2,1H3,(H,22,24)(H2,20,21,23);1H. The number of aliphatic imine (C=N–C) groups is 1. The molecule has 1 aromatic rings. The third-order valence-corrected chi connectivity index (χ3v) is 4.77. The van der Waals surface area contributed by atoms with Gasteiger partial charge in [-0.3, -0.25) is 9.79 Å². The fourth-order valence-corrected chi connectivity index (χ4v) is 3.17. The lowest BCUT2D eigenvalue weighted by molar-refractivity contribution is -0.120. The highest BCUT2D eigenvalue weighted by molar-refractivity contribution is 14.0. The van der Waals surface area contributed by atoms with Crippen molar-refractivity contribution in [3.63, 3.8) is 0 Å². The minimum Gasteiger partial charge on any atom is -0.354 e. The van der Waals surface area contributed by atoms with E-state index in [-0.39, 0.29) is 35.8 Å². The van der Waals surface area contributed by atoms with Crippen LogP contribution in [0.4, 0.5) is 5.69 Å². The molecule has 25 heavy (non-hydrogen) atoms. The molecule has 2 aliphatic rings. The van der Waals surface area contributed by atoms with Crippen LogP contribution in [0.1, 0.15) is 50.5 Å². The molecule has 0 unspecified atom stereocenters. The largest absolute Gasteiger partial charge is 0.354 e. The minimum absolute atomic E-state index is 0. The zero-order valence-electron chi connectivity index (χ0n) is 14.9. The number of amides is 1. The van der Waals surface area contributed by atoms with Crippen molar-refractivity contribution in [2.75, 3.05) is 12.4 Å². The number of anilines is 1. The molecule has 0 saturated heterocycles. The molecular formula is C19H29IN4O. The molecule has 2 aliphatic carbocycles. The summed E-state index contributed by atoms with van der Waals surface area (Å²) in [6.07, 6.45) is 8.12. The highest BCUT2D eigenvalue weighted by Crippen LogP contribution is 2.25. The Kier molecular flexibility index (Phi) is 7.99. The number of nitrogens with one attached hydrogen (secondary N) is 3. The number of guanidine groups is 1. The fraction of sp³-hybridized carbons (Fsp3) is 0.579. The smallest absolute Gasteiger partial charge is 0.227 e. The molecule has 0 aliphatic heterocycles. The van der Waals surface area contributed by atoms with Crippen molar-refractivity contribution in [2.24, 2.45) is 10.9 Å². The zero-order valence-corrected chi connectivity index (χ0v) is 17.2. The van der Waals surface area contributed by atoms with E-state index in [1.54, 1.807) is 7.05 Å². The lowest BCUT2D eigenvalue weighted by atomic mass is 9.88. The third-order valence-electron chi connectivity index (χ3n) is 4.77. The molecule has 6 heteroatoms. The van der Waals surface area contributed by atoms with Crippen molar-refractivity contribution < 1.29 is 4.79 Å². The van der Waals surface area contributed by atoms with Crippen LogP contribution in [0.25, 0.3) is 0 Å². The monoisotopic (exact) mass is 456 g/mol. The van der Waals surface area contributed by atoms with Gasteiger partial charge in [-0.05, 0) is 43.4 Å². The number of nitrogens with zero attached hydrogens (tertiary/aromatic N) is 1. The Hall–Kier alpha value is -1.31. The second kappa shape index (κ2) is 9.99. The SMILES string of the molecule is CN=C(NCc1cccc(NC(=O)C2CCCCC2)c1)NC1CC1.I. The summed E-state index contributed by atoms with van der Waals surface area (Å²) in [6, 6.07) is 8.63. The maximum Gasteiger partial charge on any atom is 0.227 e. The van der Waals surface area contributed by atoms with Gasteiger partial charge in [0.15, 0.2) is 5.96 Å². The van der Waals surface area contributed by atoms with E-state index in [0.29, 0.717) is 12.6 Å². The molecule has 2 fully saturated rings. The van der Waals surface area contributed by atoms with E-state index in [2.05, 4.69) is 27.0 Å². The second-order valence-corrected chi connectivity index (χ2v) is 6.87. The summed E-state index contributed by atoms with van der Waals surface area (Å²) >= 11 is 0. The van der Waals surface area contributed by atoms with Crippen LogP contribution in [0.5, 0.6) is 0 Å². The number of halogens is 1. The van der Waals surface area contributed by atoms with Crippen LogP contribution in [0.15, 0.2) is 29.3 Å². The lowest BCUT2D eigenvalue weighted by Gasteiger charge is -2.21. The van der Waals surface area contributed by atoms with Crippen LogP contribution in [0.2, 0.25) is 0 Å². The third kappa shape index (κ3) is 6.49. The predicted molar refractivity (Wildman–Crippen MR) is 113 cm³/mol. The van der Waals surface area contributed by atoms with Gasteiger partial charge in [0.1, 0.15) is 0 Å². The summed E-state index contributed by atoms with van der Waals surface area (Å²) in [4.78, 5) is 16.6. The molecule has 1 amide bonds. The second-order valence-electron chi connectivity index (χ2n) is 6.87. The molecule has 0 atom stereocenters. The zero-order chi connectivity index (χ0) is 16.8. The average Bonchev–Trinajstić information content (AvgIpc) is 3.44. The van der Waals surface area contributed by atoms with Gasteiger partial charge >= 0.3 is 0 Å². The van der Waals surface area contributed by atoms with Gasteiger partial charge in [0.2, 0.25) is 5.91 Å². The normalized spacial score (nSPS) is 18.2. The maximum absolute atomic E-state index is 12.4. The van der Waals surface area contributed by atoms with Gasteiger partial charge < -0.3 is 16.0 Å². The highest BCUT2D eigenvalue weighted by Gasteiger charge is 2.22. The summed E-state index contributed by atoms with van der Waals surface area (Å²) in [5.74, 6) is 1.20. The molecule has 0 bridgehead atoms. The van der Waals surface area contributed by atoms with Gasteiger partial charge in [-0.25, -0.2) is 0 Å². The van der Waals surface area contributed by atoms with Crippen molar-refractivity contribution in [1.29, 1.82) is 0 Å². The van der Waals surface area contributed by atoms with Crippen molar-refractivity contribution in [2.45, 2.75) is 57.5 Å². The molecule has 138 valence electrons. The number of benzene rings is 1. The van der Waals surface area contributed by atoms with Gasteiger partial charge in [-0.2, -0.15) is 0 Å². The van der Waals surface area contributed by atoms with Crippen LogP contribution >= 0.6 is 24.0 Å². The molecule has 3 rings (SSSR count). The van der Waals surface area contributed by atoms with E-state index >= 15 is 0 Å². The highest BCUT2D eigenvalue weighted by atomic mass is 127. The fourth-order valence-electron chi connectivity index (χ4n) is 3.17. The van der Waals surface area contributed by atoms with Crippen LogP contribution in [0.3, 0.4) is 0 Å². The summed E-state index contributed by atoms with van der Waals surface area (Å²) in [6.45, 7) is 0.694. The quantitative estimate of drug-likeness (QED) is 0.360. The maximum atomic E-state index is 12.4. The van der Waals surface area contributed by atoms with E-state index in [1.165, 1.54) is 32.1 Å². The molecule has 0 spiro atoms. The van der Waals surface area contributed by atoms with E-state index in [9.17, 15) is 4.79 Å². The van der Waals surface area contributed by atoms with Crippen molar-refractivity contribution in [1.82, 2.24) is 10.6 Å². The van der Waals surface area contributed by atoms with Crippen LogP contribution in [0, 0.1) is 5.92 Å². The molecule has 3 N–H and O–H groups in total. The number of hydrogen-bond acceptors (Lipinski definition) is 2. The minimum atomic E-state index is 0. The van der Waals surface area contributed by atoms with Gasteiger partial charge in [0, 0.05) is 31.2 Å². The van der Waals surface area contributed by atoms with Crippen LogP contribution in [-0.2, 0) is 11.3 Å². The Balaban J connectivity index is 0.00000225. The summed E-state index contributed by atoms with van der Waals surface area (Å²) in [7, 11) is 1.79. The first kappa shape index (κ1) is 20.0. The molecule has 0 radical (unpaired) electrons. The summed E-state index contributed by atoms with van der Waals surface area (Å²) < 4.78 is 0. The average molecular weight is 456 g/mol. The summed E-state index contributed by atoms with van der Waals surface area (Å²) in [5.41, 5.74) is 2.02. The Morgan fingerprint density at radius 1 is 1.16 bits per heavy atom. The first-order valence-corrected chi connectivity index (χ1v) is 9.11. The first-order valence-electron chi connectivity index (χ1n) is 9.11. The predicted octanol–water partition coefficient (Wildman–Crippen LogP) is 3.65. The molecule has 2 saturated carbocycles. The molecule has 0 aromatic heterocycles. The topological polar surface area (TPSA) is 65.5 Å². The Morgan fingerprint density at radius 3 is 2.60 bits per heavy atom. The molecule has 5 nitrogen and oxygen atoms in total. The van der Waals surface area contributed by atoms with Gasteiger partial charge in [-0.15, -0.1) is 24.0 Å². The van der Waals surface area contributed by atoms with Gasteiger partial charge in [0.25, 0.3) is 0 Å². The van der Waals surface area contributed by atoms with Gasteiger partial charge in [-0.1, -0.05) is 31.4 Å². The Labute approximate surface area is 167 Å². The molecule has 0 heterocycles. The van der Waals surface area contributed by atoms with Crippen LogP contribution < -0.4 is 16.0 Å². The van der Waals surface area contributed by atoms with Crippen LogP contribution in [-0.4, -0.2) is 25.0 Å². The van der Waals surface area contributed by atoms with Gasteiger partial charge in [0.05, 0.1) is 0 Å². The Morgan fingerprint density at radius 2 is 1.92 bits per heavy atom. The first-order chi connectivity index (χ1) is 11.7. The number of hydrogen-bond donors (Lipinski definition) is 3. The molecule has 1 aromatic carbocycles. The van der Waals surface area contributed by atoms with Crippen molar-refractivity contribution in [3.05, 3.63) is 29.8 Å². The lowest BCUT2D eigenvalue weighted by Crippen LogP contribution is -2.38.